The minimum Gasteiger partial charge on any atom is -0.381 e. The number of ether oxygens (including phenoxy) is 1. The molecule has 0 saturated carbocycles. The van der Waals surface area contributed by atoms with Crippen molar-refractivity contribution in [2.24, 2.45) is 0 Å². The maximum atomic E-state index is 13.4. The summed E-state index contributed by atoms with van der Waals surface area (Å²) >= 11 is 0. The molecule has 2 atom stereocenters. The largest absolute Gasteiger partial charge is 0.381 e. The van der Waals surface area contributed by atoms with Gasteiger partial charge in [-0.15, -0.1) is 0 Å². The lowest BCUT2D eigenvalue weighted by Gasteiger charge is -2.35. The Morgan fingerprint density at radius 2 is 1.94 bits per heavy atom. The second-order valence-corrected chi connectivity index (χ2v) is 4.92. The van der Waals surface area contributed by atoms with E-state index < -0.39 is 0 Å². The van der Waals surface area contributed by atoms with Crippen LogP contribution in [0, 0.1) is 5.82 Å². The first-order chi connectivity index (χ1) is 8.65. The monoisotopic (exact) mass is 252 g/mol. The summed E-state index contributed by atoms with van der Waals surface area (Å²) in [7, 11) is 0. The molecule has 0 bridgehead atoms. The highest BCUT2D eigenvalue weighted by molar-refractivity contribution is 5.44. The Morgan fingerprint density at radius 1 is 1.28 bits per heavy atom. The number of nitrogens with one attached hydrogen (secondary N) is 1. The van der Waals surface area contributed by atoms with Crippen LogP contribution in [0.15, 0.2) is 24.3 Å². The van der Waals surface area contributed by atoms with E-state index >= 15 is 0 Å². The molecule has 1 N–H and O–H groups in total. The topological polar surface area (TPSA) is 24.5 Å². The summed E-state index contributed by atoms with van der Waals surface area (Å²) in [5, 5.41) is 3.13. The lowest BCUT2D eigenvalue weighted by atomic mass is 10.2. The quantitative estimate of drug-likeness (QED) is 0.890. The van der Waals surface area contributed by atoms with Crippen molar-refractivity contribution in [2.75, 3.05) is 31.5 Å². The average Bonchev–Trinajstić information content (AvgIpc) is 2.30. The molecule has 1 aliphatic rings. The number of rotatable bonds is 4. The molecule has 1 heterocycles. The van der Waals surface area contributed by atoms with Crippen molar-refractivity contribution in [3.05, 3.63) is 30.1 Å². The molecular formula is C14H21FN2O. The highest BCUT2D eigenvalue weighted by Crippen LogP contribution is 2.13. The molecule has 18 heavy (non-hydrogen) atoms. The van der Waals surface area contributed by atoms with Crippen LogP contribution in [0.5, 0.6) is 0 Å². The second-order valence-electron chi connectivity index (χ2n) is 4.92. The molecular weight excluding hydrogens is 231 g/mol. The van der Waals surface area contributed by atoms with Crippen LogP contribution in [0.1, 0.15) is 13.8 Å². The van der Waals surface area contributed by atoms with Gasteiger partial charge < -0.3 is 10.1 Å². The molecule has 1 aliphatic heterocycles. The Bertz CT molecular complexity index is 376. The standard InChI is InChI=1S/C14H21FN2O/c1-11-9-17(10-12(2)18-11)8-7-16-14-6-4-3-5-13(14)15/h3-6,11-12,16H,7-10H2,1-2H3. The van der Waals surface area contributed by atoms with E-state index in [0.29, 0.717) is 5.69 Å². The SMILES string of the molecule is CC1CN(CCNc2ccccc2F)CC(C)O1. The first kappa shape index (κ1) is 13.3. The molecule has 0 radical (unpaired) electrons. The normalized spacial score (nSPS) is 25.1. The van der Waals surface area contributed by atoms with Crippen molar-refractivity contribution in [1.29, 1.82) is 0 Å². The van der Waals surface area contributed by atoms with Gasteiger partial charge >= 0.3 is 0 Å². The van der Waals surface area contributed by atoms with Crippen molar-refractivity contribution in [1.82, 2.24) is 4.90 Å². The molecule has 1 aromatic rings. The predicted molar refractivity (Wildman–Crippen MR) is 71.3 cm³/mol. The maximum absolute atomic E-state index is 13.4. The van der Waals surface area contributed by atoms with Gasteiger partial charge in [0, 0.05) is 26.2 Å². The van der Waals surface area contributed by atoms with Crippen LogP contribution < -0.4 is 5.32 Å². The highest BCUT2D eigenvalue weighted by Gasteiger charge is 2.21. The van der Waals surface area contributed by atoms with Gasteiger partial charge in [-0.2, -0.15) is 0 Å². The Morgan fingerprint density at radius 3 is 2.61 bits per heavy atom. The van der Waals surface area contributed by atoms with Crippen molar-refractivity contribution in [2.45, 2.75) is 26.1 Å². The Labute approximate surface area is 108 Å². The number of hydrogen-bond donors (Lipinski definition) is 1. The van der Waals surface area contributed by atoms with Crippen molar-refractivity contribution in [3.8, 4) is 0 Å². The number of morpholine rings is 1. The third kappa shape index (κ3) is 3.68. The van der Waals surface area contributed by atoms with E-state index in [1.807, 2.05) is 6.07 Å². The van der Waals surface area contributed by atoms with Gasteiger partial charge in [0.25, 0.3) is 0 Å². The minimum absolute atomic E-state index is 0.193. The zero-order valence-corrected chi connectivity index (χ0v) is 11.0. The number of para-hydroxylation sites is 1. The smallest absolute Gasteiger partial charge is 0.146 e. The molecule has 0 aromatic heterocycles. The fourth-order valence-electron chi connectivity index (χ4n) is 2.42. The molecule has 100 valence electrons. The van der Waals surface area contributed by atoms with E-state index in [2.05, 4.69) is 24.1 Å². The first-order valence-corrected chi connectivity index (χ1v) is 6.51. The fraction of sp³-hybridized carbons (Fsp3) is 0.571. The molecule has 2 unspecified atom stereocenters. The number of benzene rings is 1. The van der Waals surface area contributed by atoms with Gasteiger partial charge in [0.05, 0.1) is 17.9 Å². The maximum Gasteiger partial charge on any atom is 0.146 e. The summed E-state index contributed by atoms with van der Waals surface area (Å²) in [6.45, 7) is 7.74. The van der Waals surface area contributed by atoms with Crippen LogP contribution in [-0.2, 0) is 4.74 Å². The van der Waals surface area contributed by atoms with Crippen LogP contribution >= 0.6 is 0 Å². The molecule has 4 heteroatoms. The summed E-state index contributed by atoms with van der Waals surface area (Å²) in [4.78, 5) is 2.35. The lowest BCUT2D eigenvalue weighted by Crippen LogP contribution is -2.46. The third-order valence-corrected chi connectivity index (χ3v) is 3.11. The fourth-order valence-corrected chi connectivity index (χ4v) is 2.42. The van der Waals surface area contributed by atoms with E-state index in [9.17, 15) is 4.39 Å². The Hall–Kier alpha value is -1.13. The van der Waals surface area contributed by atoms with E-state index in [1.165, 1.54) is 6.07 Å². The summed E-state index contributed by atoms with van der Waals surface area (Å²) in [6.07, 6.45) is 0.560. The van der Waals surface area contributed by atoms with Crippen molar-refractivity contribution >= 4 is 5.69 Å². The Balaban J connectivity index is 1.77. The molecule has 1 saturated heterocycles. The summed E-state index contributed by atoms with van der Waals surface area (Å²) in [6, 6.07) is 6.78. The summed E-state index contributed by atoms with van der Waals surface area (Å²) in [5.74, 6) is -0.193. The van der Waals surface area contributed by atoms with Gasteiger partial charge in [0.2, 0.25) is 0 Å². The number of hydrogen-bond acceptors (Lipinski definition) is 3. The van der Waals surface area contributed by atoms with E-state index in [-0.39, 0.29) is 18.0 Å². The molecule has 0 amide bonds. The highest BCUT2D eigenvalue weighted by atomic mass is 19.1. The molecule has 1 fully saturated rings. The molecule has 3 nitrogen and oxygen atoms in total. The number of halogens is 1. The molecule has 0 aliphatic carbocycles. The van der Waals surface area contributed by atoms with Crippen LogP contribution in [0.25, 0.3) is 0 Å². The zero-order chi connectivity index (χ0) is 13.0. The van der Waals surface area contributed by atoms with E-state index in [0.717, 1.165) is 26.2 Å². The van der Waals surface area contributed by atoms with Gasteiger partial charge in [-0.3, -0.25) is 4.90 Å². The van der Waals surface area contributed by atoms with E-state index in [4.69, 9.17) is 4.74 Å². The molecule has 0 spiro atoms. The second kappa shape index (κ2) is 6.16. The predicted octanol–water partition coefficient (Wildman–Crippen LogP) is 2.35. The van der Waals surface area contributed by atoms with Crippen molar-refractivity contribution < 1.29 is 9.13 Å². The van der Waals surface area contributed by atoms with Crippen molar-refractivity contribution in [3.63, 3.8) is 0 Å². The molecule has 2 rings (SSSR count). The summed E-state index contributed by atoms with van der Waals surface area (Å²) in [5.41, 5.74) is 0.576. The average molecular weight is 252 g/mol. The van der Waals surface area contributed by atoms with Gasteiger partial charge in [0.1, 0.15) is 5.82 Å². The van der Waals surface area contributed by atoms with Gasteiger partial charge in [-0.05, 0) is 26.0 Å². The van der Waals surface area contributed by atoms with E-state index in [1.54, 1.807) is 12.1 Å². The summed E-state index contributed by atoms with van der Waals surface area (Å²) < 4.78 is 19.1. The lowest BCUT2D eigenvalue weighted by molar-refractivity contribution is -0.0667. The number of nitrogens with zero attached hydrogens (tertiary/aromatic N) is 1. The van der Waals surface area contributed by atoms with Crippen LogP contribution in [0.3, 0.4) is 0 Å². The third-order valence-electron chi connectivity index (χ3n) is 3.11. The van der Waals surface area contributed by atoms with Gasteiger partial charge in [-0.25, -0.2) is 4.39 Å². The molecule has 1 aromatic carbocycles. The van der Waals surface area contributed by atoms with Gasteiger partial charge in [0.15, 0.2) is 0 Å². The zero-order valence-electron chi connectivity index (χ0n) is 11.0. The Kier molecular flexibility index (Phi) is 4.55. The van der Waals surface area contributed by atoms with Gasteiger partial charge in [-0.1, -0.05) is 12.1 Å². The first-order valence-electron chi connectivity index (χ1n) is 6.51. The van der Waals surface area contributed by atoms with Crippen LogP contribution in [0.2, 0.25) is 0 Å². The van der Waals surface area contributed by atoms with Crippen LogP contribution in [-0.4, -0.2) is 43.3 Å². The minimum atomic E-state index is -0.193. The number of anilines is 1. The van der Waals surface area contributed by atoms with Crippen LogP contribution in [0.4, 0.5) is 10.1 Å².